The molecule has 1 fully saturated rings. The van der Waals surface area contributed by atoms with Crippen molar-refractivity contribution in [2.45, 2.75) is 32.4 Å². The van der Waals surface area contributed by atoms with Crippen LogP contribution in [0, 0.1) is 0 Å². The standard InChI is InChI=1S/C20H27N3O2S/c1-15-12-22(13-16(2)23(15)9-10-25-3)19(24)11-18-14-26-20(21-18)17-7-5-4-6-8-17/h4-8,14-16H,9-13H2,1-3H3. The summed E-state index contributed by atoms with van der Waals surface area (Å²) < 4.78 is 5.20. The smallest absolute Gasteiger partial charge is 0.228 e. The fourth-order valence-corrected chi connectivity index (χ4v) is 4.39. The number of thiazole rings is 1. The second-order valence-electron chi connectivity index (χ2n) is 6.91. The van der Waals surface area contributed by atoms with E-state index < -0.39 is 0 Å². The lowest BCUT2D eigenvalue weighted by molar-refractivity contribution is -0.135. The van der Waals surface area contributed by atoms with Crippen LogP contribution in [0.3, 0.4) is 0 Å². The molecule has 26 heavy (non-hydrogen) atoms. The van der Waals surface area contributed by atoms with Gasteiger partial charge in [-0.2, -0.15) is 0 Å². The first kappa shape index (κ1) is 19.0. The Hall–Kier alpha value is -1.76. The molecule has 0 aliphatic carbocycles. The van der Waals surface area contributed by atoms with Crippen molar-refractivity contribution in [3.05, 3.63) is 41.4 Å². The molecule has 1 saturated heterocycles. The van der Waals surface area contributed by atoms with Crippen molar-refractivity contribution >= 4 is 17.2 Å². The molecular weight excluding hydrogens is 346 g/mol. The molecule has 1 aromatic carbocycles. The van der Waals surface area contributed by atoms with Crippen molar-refractivity contribution in [3.8, 4) is 10.6 Å². The van der Waals surface area contributed by atoms with E-state index in [4.69, 9.17) is 4.74 Å². The number of carbonyl (C=O) groups excluding carboxylic acids is 1. The zero-order chi connectivity index (χ0) is 18.5. The lowest BCUT2D eigenvalue weighted by atomic mass is 10.1. The van der Waals surface area contributed by atoms with Crippen LogP contribution in [0.4, 0.5) is 0 Å². The Balaban J connectivity index is 1.60. The third-order valence-corrected chi connectivity index (χ3v) is 5.85. The topological polar surface area (TPSA) is 45.7 Å². The average molecular weight is 374 g/mol. The van der Waals surface area contributed by atoms with Crippen LogP contribution in [-0.2, 0) is 16.0 Å². The van der Waals surface area contributed by atoms with Gasteiger partial charge in [0.1, 0.15) is 5.01 Å². The van der Waals surface area contributed by atoms with Gasteiger partial charge in [-0.1, -0.05) is 30.3 Å². The summed E-state index contributed by atoms with van der Waals surface area (Å²) in [7, 11) is 1.73. The van der Waals surface area contributed by atoms with E-state index in [1.165, 1.54) is 0 Å². The maximum Gasteiger partial charge on any atom is 0.228 e. The lowest BCUT2D eigenvalue weighted by Crippen LogP contribution is -2.58. The average Bonchev–Trinajstić information content (AvgIpc) is 3.10. The van der Waals surface area contributed by atoms with Crippen molar-refractivity contribution < 1.29 is 9.53 Å². The first-order valence-electron chi connectivity index (χ1n) is 9.10. The van der Waals surface area contributed by atoms with E-state index in [9.17, 15) is 4.79 Å². The van der Waals surface area contributed by atoms with Crippen LogP contribution < -0.4 is 0 Å². The predicted octanol–water partition coefficient (Wildman–Crippen LogP) is 2.92. The molecule has 0 N–H and O–H groups in total. The van der Waals surface area contributed by atoms with Gasteiger partial charge in [0.25, 0.3) is 0 Å². The van der Waals surface area contributed by atoms with Gasteiger partial charge in [0.15, 0.2) is 0 Å². The first-order valence-corrected chi connectivity index (χ1v) is 9.98. The van der Waals surface area contributed by atoms with Gasteiger partial charge in [-0.25, -0.2) is 4.98 Å². The fraction of sp³-hybridized carbons (Fsp3) is 0.500. The first-order chi connectivity index (χ1) is 12.6. The van der Waals surface area contributed by atoms with Gasteiger partial charge in [0.05, 0.1) is 18.7 Å². The van der Waals surface area contributed by atoms with Crippen LogP contribution in [0.25, 0.3) is 10.6 Å². The minimum atomic E-state index is 0.167. The van der Waals surface area contributed by atoms with Crippen molar-refractivity contribution in [3.63, 3.8) is 0 Å². The number of hydrogen-bond donors (Lipinski definition) is 0. The van der Waals surface area contributed by atoms with E-state index in [-0.39, 0.29) is 5.91 Å². The van der Waals surface area contributed by atoms with E-state index in [1.807, 2.05) is 40.6 Å². The maximum absolute atomic E-state index is 12.8. The molecule has 2 aromatic rings. The maximum atomic E-state index is 12.8. The molecule has 6 heteroatoms. The van der Waals surface area contributed by atoms with Crippen LogP contribution in [-0.4, -0.2) is 66.1 Å². The van der Waals surface area contributed by atoms with E-state index in [2.05, 4.69) is 23.7 Å². The molecule has 1 aromatic heterocycles. The summed E-state index contributed by atoms with van der Waals surface area (Å²) >= 11 is 1.60. The molecule has 5 nitrogen and oxygen atoms in total. The molecule has 3 rings (SSSR count). The van der Waals surface area contributed by atoms with Crippen LogP contribution in [0.2, 0.25) is 0 Å². The zero-order valence-corrected chi connectivity index (χ0v) is 16.5. The Morgan fingerprint density at radius 2 is 1.92 bits per heavy atom. The molecule has 140 valence electrons. The van der Waals surface area contributed by atoms with E-state index in [0.29, 0.717) is 18.5 Å². The molecule has 2 atom stereocenters. The molecule has 0 spiro atoms. The number of nitrogens with zero attached hydrogens (tertiary/aromatic N) is 3. The summed E-state index contributed by atoms with van der Waals surface area (Å²) in [4.78, 5) is 21.8. The Morgan fingerprint density at radius 3 is 2.58 bits per heavy atom. The third-order valence-electron chi connectivity index (χ3n) is 4.91. The highest BCUT2D eigenvalue weighted by Gasteiger charge is 2.31. The van der Waals surface area contributed by atoms with E-state index in [0.717, 1.165) is 42.5 Å². The highest BCUT2D eigenvalue weighted by Crippen LogP contribution is 2.24. The van der Waals surface area contributed by atoms with E-state index >= 15 is 0 Å². The highest BCUT2D eigenvalue weighted by molar-refractivity contribution is 7.13. The quantitative estimate of drug-likeness (QED) is 0.781. The van der Waals surface area contributed by atoms with Crippen molar-refractivity contribution in [1.82, 2.24) is 14.8 Å². The Labute approximate surface area is 159 Å². The SMILES string of the molecule is COCCN1C(C)CN(C(=O)Cc2csc(-c3ccccc3)n2)CC1C. The van der Waals surface area contributed by atoms with Crippen LogP contribution >= 0.6 is 11.3 Å². The highest BCUT2D eigenvalue weighted by atomic mass is 32.1. The predicted molar refractivity (Wildman–Crippen MR) is 105 cm³/mol. The summed E-state index contributed by atoms with van der Waals surface area (Å²) in [5.74, 6) is 0.167. The number of methoxy groups -OCH3 is 1. The third kappa shape index (κ3) is 4.50. The molecule has 1 aliphatic rings. The second kappa shape index (κ2) is 8.75. The number of aromatic nitrogens is 1. The van der Waals surface area contributed by atoms with E-state index in [1.54, 1.807) is 18.4 Å². The number of rotatable bonds is 6. The minimum absolute atomic E-state index is 0.167. The largest absolute Gasteiger partial charge is 0.383 e. The minimum Gasteiger partial charge on any atom is -0.383 e. The van der Waals surface area contributed by atoms with Gasteiger partial charge in [-0.05, 0) is 13.8 Å². The molecule has 1 amide bonds. The number of carbonyl (C=O) groups is 1. The van der Waals surface area contributed by atoms with Gasteiger partial charge in [0.2, 0.25) is 5.91 Å². The van der Waals surface area contributed by atoms with Crippen LogP contribution in [0.5, 0.6) is 0 Å². The molecular formula is C20H27N3O2S. The van der Waals surface area contributed by atoms with Gasteiger partial charge >= 0.3 is 0 Å². The fourth-order valence-electron chi connectivity index (χ4n) is 3.57. The number of piperazine rings is 1. The zero-order valence-electron chi connectivity index (χ0n) is 15.7. The Kier molecular flexibility index (Phi) is 6.40. The Bertz CT molecular complexity index is 707. The molecule has 0 radical (unpaired) electrons. The number of amides is 1. The Morgan fingerprint density at radius 1 is 1.23 bits per heavy atom. The van der Waals surface area contributed by atoms with Crippen molar-refractivity contribution in [1.29, 1.82) is 0 Å². The number of benzene rings is 1. The van der Waals surface area contributed by atoms with Crippen LogP contribution in [0.1, 0.15) is 19.5 Å². The molecule has 2 heterocycles. The molecule has 0 bridgehead atoms. The molecule has 1 aliphatic heterocycles. The monoisotopic (exact) mass is 373 g/mol. The molecule has 0 saturated carbocycles. The number of ether oxygens (including phenoxy) is 1. The van der Waals surface area contributed by atoms with Gasteiger partial charge in [-0.15, -0.1) is 11.3 Å². The summed E-state index contributed by atoms with van der Waals surface area (Å²) in [6.07, 6.45) is 0.376. The normalized spacial score (nSPS) is 21.1. The summed E-state index contributed by atoms with van der Waals surface area (Å²) in [5, 5.41) is 2.97. The van der Waals surface area contributed by atoms with Gasteiger partial charge in [0, 0.05) is 49.8 Å². The van der Waals surface area contributed by atoms with Crippen LogP contribution in [0.15, 0.2) is 35.7 Å². The van der Waals surface area contributed by atoms with Crippen molar-refractivity contribution in [2.75, 3.05) is 33.4 Å². The van der Waals surface area contributed by atoms with Gasteiger partial charge < -0.3 is 9.64 Å². The second-order valence-corrected chi connectivity index (χ2v) is 7.77. The summed E-state index contributed by atoms with van der Waals surface area (Å²) in [5.41, 5.74) is 1.96. The molecule has 2 unspecified atom stereocenters. The van der Waals surface area contributed by atoms with Crippen molar-refractivity contribution in [2.24, 2.45) is 0 Å². The summed E-state index contributed by atoms with van der Waals surface area (Å²) in [6.45, 7) is 7.53. The number of hydrogen-bond acceptors (Lipinski definition) is 5. The lowest BCUT2D eigenvalue weighted by Gasteiger charge is -2.44. The summed E-state index contributed by atoms with van der Waals surface area (Å²) in [6, 6.07) is 10.8. The van der Waals surface area contributed by atoms with Gasteiger partial charge in [-0.3, -0.25) is 9.69 Å².